The van der Waals surface area contributed by atoms with Crippen molar-refractivity contribution < 1.29 is 4.79 Å². The number of carbonyl (C=O) groups excluding carboxylic acids is 1. The zero-order chi connectivity index (χ0) is 12.2. The summed E-state index contributed by atoms with van der Waals surface area (Å²) >= 11 is 0. The van der Waals surface area contributed by atoms with E-state index in [-0.39, 0.29) is 5.91 Å². The molecule has 1 atom stereocenters. The van der Waals surface area contributed by atoms with Gasteiger partial charge in [0.1, 0.15) is 0 Å². The minimum absolute atomic E-state index is 0.0656. The summed E-state index contributed by atoms with van der Waals surface area (Å²) in [5, 5.41) is 0. The summed E-state index contributed by atoms with van der Waals surface area (Å²) in [5.74, 6) is 4.99. The summed E-state index contributed by atoms with van der Waals surface area (Å²) in [5.41, 5.74) is 2.67. The molecule has 0 bridgehead atoms. The van der Waals surface area contributed by atoms with Crippen molar-refractivity contribution in [3.05, 3.63) is 0 Å². The molecule has 0 spiro atoms. The number of nitrogens with one attached hydrogen (secondary N) is 1. The quantitative estimate of drug-likeness (QED) is 0.432. The van der Waals surface area contributed by atoms with Crippen LogP contribution in [0.15, 0.2) is 0 Å². The van der Waals surface area contributed by atoms with Gasteiger partial charge in [0.05, 0.1) is 0 Å². The SMILES string of the molecule is CC(CCC(=O)NN)N1CCC(C)(C)CC1. The van der Waals surface area contributed by atoms with Crippen LogP contribution in [-0.4, -0.2) is 29.9 Å². The third-order valence-corrected chi connectivity index (χ3v) is 3.73. The van der Waals surface area contributed by atoms with Gasteiger partial charge >= 0.3 is 0 Å². The van der Waals surface area contributed by atoms with E-state index in [1.54, 1.807) is 0 Å². The third-order valence-electron chi connectivity index (χ3n) is 3.73. The van der Waals surface area contributed by atoms with Gasteiger partial charge in [-0.15, -0.1) is 0 Å². The van der Waals surface area contributed by atoms with Crippen LogP contribution in [0.3, 0.4) is 0 Å². The maximum Gasteiger partial charge on any atom is 0.233 e. The lowest BCUT2D eigenvalue weighted by Crippen LogP contribution is -2.43. The molecule has 1 aliphatic rings. The predicted octanol–water partition coefficient (Wildman–Crippen LogP) is 1.27. The second-order valence-electron chi connectivity index (χ2n) is 5.66. The number of likely N-dealkylation sites (tertiary alicyclic amines) is 1. The fourth-order valence-electron chi connectivity index (χ4n) is 2.16. The molecule has 1 amide bonds. The van der Waals surface area contributed by atoms with Gasteiger partial charge in [0.15, 0.2) is 0 Å². The molecule has 0 aliphatic carbocycles. The second kappa shape index (κ2) is 5.64. The lowest BCUT2D eigenvalue weighted by Gasteiger charge is -2.40. The number of nitrogens with two attached hydrogens (primary N) is 1. The Labute approximate surface area is 98.5 Å². The van der Waals surface area contributed by atoms with Crippen LogP contribution in [-0.2, 0) is 4.79 Å². The number of hydrazine groups is 1. The summed E-state index contributed by atoms with van der Waals surface area (Å²) in [7, 11) is 0. The van der Waals surface area contributed by atoms with Gasteiger partial charge in [0.2, 0.25) is 5.91 Å². The highest BCUT2D eigenvalue weighted by atomic mass is 16.2. The van der Waals surface area contributed by atoms with Crippen molar-refractivity contribution >= 4 is 5.91 Å². The van der Waals surface area contributed by atoms with Crippen molar-refractivity contribution in [1.29, 1.82) is 0 Å². The van der Waals surface area contributed by atoms with E-state index in [1.807, 2.05) is 0 Å². The van der Waals surface area contributed by atoms with E-state index in [4.69, 9.17) is 5.84 Å². The Kier molecular flexibility index (Phi) is 4.74. The first-order valence-electron chi connectivity index (χ1n) is 6.18. The van der Waals surface area contributed by atoms with Crippen LogP contribution in [0.5, 0.6) is 0 Å². The molecule has 1 rings (SSSR count). The second-order valence-corrected chi connectivity index (χ2v) is 5.66. The molecule has 4 nitrogen and oxygen atoms in total. The highest BCUT2D eigenvalue weighted by Gasteiger charge is 2.27. The largest absolute Gasteiger partial charge is 0.301 e. The number of hydrogen-bond acceptors (Lipinski definition) is 3. The Hall–Kier alpha value is -0.610. The number of rotatable bonds is 4. The molecule has 0 aromatic heterocycles. The maximum absolute atomic E-state index is 11.0. The Balaban J connectivity index is 2.28. The molecule has 94 valence electrons. The molecule has 1 fully saturated rings. The minimum Gasteiger partial charge on any atom is -0.301 e. The van der Waals surface area contributed by atoms with Crippen LogP contribution in [0.2, 0.25) is 0 Å². The molecule has 0 radical (unpaired) electrons. The number of amides is 1. The first-order valence-corrected chi connectivity index (χ1v) is 6.18. The van der Waals surface area contributed by atoms with Crippen molar-refractivity contribution in [2.24, 2.45) is 11.3 Å². The average molecular weight is 227 g/mol. The van der Waals surface area contributed by atoms with E-state index < -0.39 is 0 Å². The van der Waals surface area contributed by atoms with Crippen LogP contribution >= 0.6 is 0 Å². The first-order chi connectivity index (χ1) is 7.44. The number of piperidine rings is 1. The normalized spacial score (nSPS) is 22.8. The monoisotopic (exact) mass is 227 g/mol. The van der Waals surface area contributed by atoms with E-state index in [0.29, 0.717) is 17.9 Å². The topological polar surface area (TPSA) is 58.4 Å². The lowest BCUT2D eigenvalue weighted by molar-refractivity contribution is -0.121. The fraction of sp³-hybridized carbons (Fsp3) is 0.917. The van der Waals surface area contributed by atoms with Gasteiger partial charge in [-0.2, -0.15) is 0 Å². The van der Waals surface area contributed by atoms with Gasteiger partial charge in [-0.1, -0.05) is 13.8 Å². The van der Waals surface area contributed by atoms with E-state index in [2.05, 4.69) is 31.1 Å². The van der Waals surface area contributed by atoms with Gasteiger partial charge in [-0.3, -0.25) is 10.2 Å². The maximum atomic E-state index is 11.0. The number of nitrogens with zero attached hydrogens (tertiary/aromatic N) is 1. The molecule has 4 heteroatoms. The van der Waals surface area contributed by atoms with E-state index in [1.165, 1.54) is 12.8 Å². The standard InChI is InChI=1S/C12H25N3O/c1-10(4-5-11(16)14-13)15-8-6-12(2,3)7-9-15/h10H,4-9,13H2,1-3H3,(H,14,16). The van der Waals surface area contributed by atoms with Crippen LogP contribution in [0, 0.1) is 5.41 Å². The Morgan fingerprint density at radius 3 is 2.50 bits per heavy atom. The van der Waals surface area contributed by atoms with E-state index in [0.717, 1.165) is 19.5 Å². The molecular weight excluding hydrogens is 202 g/mol. The minimum atomic E-state index is -0.0656. The van der Waals surface area contributed by atoms with Crippen molar-refractivity contribution in [3.63, 3.8) is 0 Å². The van der Waals surface area contributed by atoms with Crippen molar-refractivity contribution in [3.8, 4) is 0 Å². The first kappa shape index (κ1) is 13.5. The van der Waals surface area contributed by atoms with Crippen molar-refractivity contribution in [2.75, 3.05) is 13.1 Å². The fourth-order valence-corrected chi connectivity index (χ4v) is 2.16. The summed E-state index contributed by atoms with van der Waals surface area (Å²) in [6.07, 6.45) is 3.92. The smallest absolute Gasteiger partial charge is 0.233 e. The zero-order valence-corrected chi connectivity index (χ0v) is 10.8. The molecule has 0 saturated carbocycles. The molecule has 0 aromatic carbocycles. The summed E-state index contributed by atoms with van der Waals surface area (Å²) < 4.78 is 0. The van der Waals surface area contributed by atoms with Gasteiger partial charge in [-0.05, 0) is 44.7 Å². The van der Waals surface area contributed by atoms with Crippen LogP contribution in [0.4, 0.5) is 0 Å². The summed E-state index contributed by atoms with van der Waals surface area (Å²) in [6, 6.07) is 0.480. The van der Waals surface area contributed by atoms with E-state index in [9.17, 15) is 4.79 Å². The van der Waals surface area contributed by atoms with Gasteiger partial charge in [0.25, 0.3) is 0 Å². The molecule has 3 N–H and O–H groups in total. The molecule has 1 heterocycles. The molecule has 1 aliphatic heterocycles. The Morgan fingerprint density at radius 2 is 2.00 bits per heavy atom. The molecule has 1 unspecified atom stereocenters. The van der Waals surface area contributed by atoms with Crippen LogP contribution < -0.4 is 11.3 Å². The Morgan fingerprint density at radius 1 is 1.44 bits per heavy atom. The van der Waals surface area contributed by atoms with Gasteiger partial charge in [-0.25, -0.2) is 5.84 Å². The lowest BCUT2D eigenvalue weighted by atomic mass is 9.82. The average Bonchev–Trinajstić information content (AvgIpc) is 2.25. The van der Waals surface area contributed by atoms with Crippen LogP contribution in [0.25, 0.3) is 0 Å². The molecule has 16 heavy (non-hydrogen) atoms. The summed E-state index contributed by atoms with van der Waals surface area (Å²) in [6.45, 7) is 9.16. The molecule has 0 aromatic rings. The third kappa shape index (κ3) is 4.10. The molecule has 1 saturated heterocycles. The summed E-state index contributed by atoms with van der Waals surface area (Å²) in [4.78, 5) is 13.5. The number of hydrogen-bond donors (Lipinski definition) is 2. The van der Waals surface area contributed by atoms with Gasteiger partial charge < -0.3 is 4.90 Å². The highest BCUT2D eigenvalue weighted by Crippen LogP contribution is 2.30. The Bertz CT molecular complexity index is 230. The van der Waals surface area contributed by atoms with Crippen LogP contribution in [0.1, 0.15) is 46.5 Å². The zero-order valence-electron chi connectivity index (χ0n) is 10.8. The van der Waals surface area contributed by atoms with Gasteiger partial charge in [0, 0.05) is 12.5 Å². The van der Waals surface area contributed by atoms with E-state index >= 15 is 0 Å². The van der Waals surface area contributed by atoms with Crippen molar-refractivity contribution in [2.45, 2.75) is 52.5 Å². The highest BCUT2D eigenvalue weighted by molar-refractivity contribution is 5.75. The number of carbonyl (C=O) groups is 1. The van der Waals surface area contributed by atoms with Crippen molar-refractivity contribution in [1.82, 2.24) is 10.3 Å². The molecular formula is C12H25N3O. The predicted molar refractivity (Wildman–Crippen MR) is 65.6 cm³/mol.